The first-order chi connectivity index (χ1) is 13.3. The molecular formula is C20H35IN4O2S2. The molecule has 2 aliphatic rings. The van der Waals surface area contributed by atoms with E-state index in [0.29, 0.717) is 19.0 Å². The lowest BCUT2D eigenvalue weighted by Crippen LogP contribution is -2.57. The summed E-state index contributed by atoms with van der Waals surface area (Å²) in [5.74, 6) is 1.67. The first-order valence-corrected chi connectivity index (χ1v) is 12.8. The minimum absolute atomic E-state index is 0. The summed E-state index contributed by atoms with van der Waals surface area (Å²) in [5, 5.41) is 5.51. The van der Waals surface area contributed by atoms with Gasteiger partial charge in [0, 0.05) is 37.6 Å². The molecule has 1 aromatic heterocycles. The van der Waals surface area contributed by atoms with Crippen LogP contribution in [-0.4, -0.2) is 73.9 Å². The molecule has 3 rings (SSSR count). The predicted molar refractivity (Wildman–Crippen MR) is 133 cm³/mol. The number of nitrogens with one attached hydrogen (secondary N) is 1. The van der Waals surface area contributed by atoms with Gasteiger partial charge in [-0.15, -0.1) is 35.3 Å². The summed E-state index contributed by atoms with van der Waals surface area (Å²) in [7, 11) is -3.03. The third kappa shape index (κ3) is 6.54. The van der Waals surface area contributed by atoms with Crippen molar-refractivity contribution in [2.75, 3.05) is 45.0 Å². The highest BCUT2D eigenvalue weighted by Gasteiger charge is 2.41. The molecule has 2 saturated heterocycles. The van der Waals surface area contributed by atoms with E-state index in [-0.39, 0.29) is 29.7 Å². The van der Waals surface area contributed by atoms with Crippen LogP contribution in [0, 0.1) is 5.92 Å². The summed E-state index contributed by atoms with van der Waals surface area (Å²) < 4.78 is 23.8. The van der Waals surface area contributed by atoms with Gasteiger partial charge in [-0.3, -0.25) is 9.89 Å². The number of hydrogen-bond acceptors (Lipinski definition) is 5. The maximum atomic E-state index is 12.3. The van der Waals surface area contributed by atoms with Crippen LogP contribution in [0.25, 0.3) is 0 Å². The molecular weight excluding hydrogens is 519 g/mol. The van der Waals surface area contributed by atoms with Crippen molar-refractivity contribution >= 4 is 51.1 Å². The maximum Gasteiger partial charge on any atom is 0.194 e. The molecule has 166 valence electrons. The van der Waals surface area contributed by atoms with Crippen LogP contribution >= 0.6 is 35.3 Å². The molecule has 2 aliphatic heterocycles. The molecule has 0 spiro atoms. The van der Waals surface area contributed by atoms with Gasteiger partial charge in [0.25, 0.3) is 0 Å². The number of guanidine groups is 1. The standard InChI is InChI=1S/C20H34N4O2S2.HI/c1-4-21-19(24-11-13-28(25,26)20(2,3)16-24)22-14-17-7-9-23(10-8-17)15-18-6-5-12-27-18;/h5-6,12,17H,4,7-11,13-16H2,1-3H3,(H,21,22);1H. The van der Waals surface area contributed by atoms with Crippen LogP contribution in [0.15, 0.2) is 22.5 Å². The summed E-state index contributed by atoms with van der Waals surface area (Å²) in [4.78, 5) is 11.0. The molecule has 0 bridgehead atoms. The number of piperidine rings is 1. The summed E-state index contributed by atoms with van der Waals surface area (Å²) in [6, 6.07) is 4.33. The van der Waals surface area contributed by atoms with Crippen LogP contribution in [0.1, 0.15) is 38.5 Å². The van der Waals surface area contributed by atoms with E-state index in [9.17, 15) is 8.42 Å². The van der Waals surface area contributed by atoms with Crippen molar-refractivity contribution < 1.29 is 8.42 Å². The Kier molecular flexibility index (Phi) is 9.24. The van der Waals surface area contributed by atoms with E-state index in [0.717, 1.165) is 38.7 Å². The predicted octanol–water partition coefficient (Wildman–Crippen LogP) is 3.05. The highest BCUT2D eigenvalue weighted by molar-refractivity contribution is 14.0. The molecule has 0 aromatic carbocycles. The number of hydrogen-bond donors (Lipinski definition) is 1. The summed E-state index contributed by atoms with van der Waals surface area (Å²) in [6.45, 7) is 11.7. The van der Waals surface area contributed by atoms with Crippen LogP contribution in [0.2, 0.25) is 0 Å². The van der Waals surface area contributed by atoms with E-state index in [1.165, 1.54) is 17.7 Å². The lowest BCUT2D eigenvalue weighted by Gasteiger charge is -2.39. The fraction of sp³-hybridized carbons (Fsp3) is 0.750. The Morgan fingerprint density at radius 3 is 2.62 bits per heavy atom. The van der Waals surface area contributed by atoms with Gasteiger partial charge in [0.15, 0.2) is 15.8 Å². The Bertz CT molecular complexity index is 757. The molecule has 1 aromatic rings. The molecule has 29 heavy (non-hydrogen) atoms. The van der Waals surface area contributed by atoms with E-state index >= 15 is 0 Å². The van der Waals surface area contributed by atoms with Crippen molar-refractivity contribution in [1.82, 2.24) is 15.1 Å². The Balaban J connectivity index is 0.00000300. The van der Waals surface area contributed by atoms with Crippen molar-refractivity contribution in [3.05, 3.63) is 22.4 Å². The molecule has 0 radical (unpaired) electrons. The van der Waals surface area contributed by atoms with E-state index < -0.39 is 14.6 Å². The lowest BCUT2D eigenvalue weighted by molar-refractivity contribution is 0.181. The molecule has 3 heterocycles. The molecule has 0 amide bonds. The molecule has 0 atom stereocenters. The van der Waals surface area contributed by atoms with E-state index in [2.05, 4.69) is 39.6 Å². The van der Waals surface area contributed by atoms with Gasteiger partial charge < -0.3 is 10.2 Å². The molecule has 2 fully saturated rings. The van der Waals surface area contributed by atoms with Gasteiger partial charge >= 0.3 is 0 Å². The van der Waals surface area contributed by atoms with Gasteiger partial charge in [0.1, 0.15) is 0 Å². The van der Waals surface area contributed by atoms with E-state index in [4.69, 9.17) is 4.99 Å². The largest absolute Gasteiger partial charge is 0.357 e. The smallest absolute Gasteiger partial charge is 0.194 e. The quantitative estimate of drug-likeness (QED) is 0.345. The first kappa shape index (κ1) is 24.9. The van der Waals surface area contributed by atoms with E-state index in [1.807, 2.05) is 25.2 Å². The zero-order valence-electron chi connectivity index (χ0n) is 17.8. The van der Waals surface area contributed by atoms with Crippen molar-refractivity contribution in [1.29, 1.82) is 0 Å². The average Bonchev–Trinajstić information content (AvgIpc) is 3.15. The number of likely N-dealkylation sites (tertiary alicyclic amines) is 1. The summed E-state index contributed by atoms with van der Waals surface area (Å²) in [5.41, 5.74) is 0. The highest BCUT2D eigenvalue weighted by atomic mass is 127. The molecule has 9 heteroatoms. The molecule has 1 N–H and O–H groups in total. The third-order valence-electron chi connectivity index (χ3n) is 5.84. The maximum absolute atomic E-state index is 12.3. The van der Waals surface area contributed by atoms with Crippen molar-refractivity contribution in [2.24, 2.45) is 10.9 Å². The number of rotatable bonds is 5. The fourth-order valence-corrected chi connectivity index (χ4v) is 6.03. The van der Waals surface area contributed by atoms with Gasteiger partial charge in [-0.2, -0.15) is 0 Å². The Hall–Kier alpha value is -0.390. The number of nitrogens with zero attached hydrogens (tertiary/aromatic N) is 3. The van der Waals surface area contributed by atoms with Crippen LogP contribution < -0.4 is 5.32 Å². The number of sulfone groups is 1. The highest BCUT2D eigenvalue weighted by Crippen LogP contribution is 2.24. The fourth-order valence-electron chi connectivity index (χ4n) is 3.92. The van der Waals surface area contributed by atoms with Crippen molar-refractivity contribution in [3.8, 4) is 0 Å². The zero-order valence-corrected chi connectivity index (χ0v) is 21.7. The minimum atomic E-state index is -3.03. The summed E-state index contributed by atoms with van der Waals surface area (Å²) in [6.07, 6.45) is 2.35. The Morgan fingerprint density at radius 2 is 2.03 bits per heavy atom. The van der Waals surface area contributed by atoms with Gasteiger partial charge in [0.2, 0.25) is 0 Å². The Morgan fingerprint density at radius 1 is 1.31 bits per heavy atom. The second-order valence-corrected chi connectivity index (χ2v) is 12.3. The monoisotopic (exact) mass is 554 g/mol. The molecule has 0 aliphatic carbocycles. The SMILES string of the molecule is CCNC(=NCC1CCN(Cc2cccs2)CC1)N1CCS(=O)(=O)C(C)(C)C1.I. The number of thiophene rings is 1. The normalized spacial score (nSPS) is 22.9. The van der Waals surface area contributed by atoms with Gasteiger partial charge in [-0.05, 0) is 64.1 Å². The lowest BCUT2D eigenvalue weighted by atomic mass is 9.97. The van der Waals surface area contributed by atoms with Gasteiger partial charge in [-0.25, -0.2) is 8.42 Å². The topological polar surface area (TPSA) is 65.0 Å². The van der Waals surface area contributed by atoms with Gasteiger partial charge in [-0.1, -0.05) is 6.07 Å². The summed E-state index contributed by atoms with van der Waals surface area (Å²) >= 11 is 1.83. The molecule has 6 nitrogen and oxygen atoms in total. The number of aliphatic imine (C=N–C) groups is 1. The minimum Gasteiger partial charge on any atom is -0.357 e. The Labute approximate surface area is 197 Å². The van der Waals surface area contributed by atoms with Crippen LogP contribution in [0.4, 0.5) is 0 Å². The third-order valence-corrected chi connectivity index (χ3v) is 9.24. The molecule has 0 saturated carbocycles. The number of halogens is 1. The first-order valence-electron chi connectivity index (χ1n) is 10.3. The van der Waals surface area contributed by atoms with Gasteiger partial charge in [0.05, 0.1) is 10.5 Å². The second-order valence-electron chi connectivity index (χ2n) is 8.49. The van der Waals surface area contributed by atoms with Crippen molar-refractivity contribution in [3.63, 3.8) is 0 Å². The molecule has 0 unspecified atom stereocenters. The average molecular weight is 555 g/mol. The van der Waals surface area contributed by atoms with Crippen LogP contribution in [0.5, 0.6) is 0 Å². The second kappa shape index (κ2) is 10.8. The zero-order chi connectivity index (χ0) is 20.2. The van der Waals surface area contributed by atoms with Crippen molar-refractivity contribution in [2.45, 2.75) is 44.9 Å². The van der Waals surface area contributed by atoms with Crippen LogP contribution in [-0.2, 0) is 16.4 Å². The van der Waals surface area contributed by atoms with E-state index in [1.54, 1.807) is 0 Å². The van der Waals surface area contributed by atoms with Crippen LogP contribution in [0.3, 0.4) is 0 Å².